The summed E-state index contributed by atoms with van der Waals surface area (Å²) < 4.78 is 26.1. The van der Waals surface area contributed by atoms with Crippen LogP contribution in [0.4, 0.5) is 0 Å². The summed E-state index contributed by atoms with van der Waals surface area (Å²) in [5.41, 5.74) is 0.750. The van der Waals surface area contributed by atoms with Crippen molar-refractivity contribution in [3.63, 3.8) is 0 Å². The third kappa shape index (κ3) is 3.59. The summed E-state index contributed by atoms with van der Waals surface area (Å²) in [6.07, 6.45) is 1.43. The summed E-state index contributed by atoms with van der Waals surface area (Å²) in [6, 6.07) is 6.95. The minimum absolute atomic E-state index is 0.720. The van der Waals surface area contributed by atoms with Crippen LogP contribution in [0.15, 0.2) is 29.7 Å². The third-order valence-corrected chi connectivity index (χ3v) is 2.08. The molecule has 0 radical (unpaired) electrons. The van der Waals surface area contributed by atoms with E-state index < -0.39 is 10.0 Å². The summed E-state index contributed by atoms with van der Waals surface area (Å²) >= 11 is 0. The molecule has 0 aliphatic carbocycles. The van der Waals surface area contributed by atoms with Gasteiger partial charge in [0.1, 0.15) is 5.75 Å². The van der Waals surface area contributed by atoms with Crippen LogP contribution in [0, 0.1) is 0 Å². The molecule has 1 rings (SSSR count). The highest BCUT2D eigenvalue weighted by Crippen LogP contribution is 2.12. The lowest BCUT2D eigenvalue weighted by Crippen LogP contribution is -2.06. The van der Waals surface area contributed by atoms with Gasteiger partial charge in [-0.2, -0.15) is 0 Å². The van der Waals surface area contributed by atoms with Crippen molar-refractivity contribution in [3.8, 4) is 5.75 Å². The Hall–Kier alpha value is -1.33. The molecule has 0 fully saturated rings. The van der Waals surface area contributed by atoms with Gasteiger partial charge in [0, 0.05) is 5.41 Å². The molecule has 4 nitrogen and oxygen atoms in total. The molecule has 2 N–H and O–H groups in total. The lowest BCUT2D eigenvalue weighted by atomic mass is 10.2. The number of nitrogens with two attached hydrogens (primary N) is 1. The lowest BCUT2D eigenvalue weighted by Gasteiger charge is -1.98. The highest BCUT2D eigenvalue weighted by Gasteiger charge is 1.94. The van der Waals surface area contributed by atoms with Crippen LogP contribution in [0.25, 0.3) is 6.08 Å². The van der Waals surface area contributed by atoms with E-state index in [9.17, 15) is 8.42 Å². The summed E-state index contributed by atoms with van der Waals surface area (Å²) in [7, 11) is -1.99. The zero-order valence-corrected chi connectivity index (χ0v) is 8.49. The van der Waals surface area contributed by atoms with Crippen LogP contribution < -0.4 is 9.88 Å². The van der Waals surface area contributed by atoms with Crippen molar-refractivity contribution in [3.05, 3.63) is 35.2 Å². The Bertz CT molecular complexity index is 420. The Balaban J connectivity index is 2.84. The smallest absolute Gasteiger partial charge is 0.231 e. The van der Waals surface area contributed by atoms with Crippen molar-refractivity contribution >= 4 is 16.1 Å². The zero-order valence-electron chi connectivity index (χ0n) is 7.67. The fourth-order valence-electron chi connectivity index (χ4n) is 0.888. The van der Waals surface area contributed by atoms with E-state index in [2.05, 4.69) is 0 Å². The molecule has 0 bridgehead atoms. The van der Waals surface area contributed by atoms with Crippen molar-refractivity contribution in [2.75, 3.05) is 7.11 Å². The van der Waals surface area contributed by atoms with Gasteiger partial charge in [-0.15, -0.1) is 0 Å². The molecule has 0 saturated heterocycles. The molecule has 0 amide bonds. The van der Waals surface area contributed by atoms with E-state index in [1.807, 2.05) is 0 Å². The van der Waals surface area contributed by atoms with Gasteiger partial charge in [-0.25, -0.2) is 13.6 Å². The first-order valence-corrected chi connectivity index (χ1v) is 5.47. The van der Waals surface area contributed by atoms with E-state index in [1.165, 1.54) is 6.08 Å². The number of sulfonamides is 1. The summed E-state index contributed by atoms with van der Waals surface area (Å²) in [5.74, 6) is 0.720. The summed E-state index contributed by atoms with van der Waals surface area (Å²) in [6.45, 7) is 0. The second kappa shape index (κ2) is 4.26. The standard InChI is InChI=1S/C9H11NO3S/c1-13-9-4-2-8(3-5-9)6-7-14(10,11)12/h2-7H,1H3,(H2,10,11,12). The number of ether oxygens (including phenoxy) is 1. The Kier molecular flexibility index (Phi) is 3.27. The number of hydrogen-bond donors (Lipinski definition) is 1. The van der Waals surface area contributed by atoms with Crippen LogP contribution in [-0.2, 0) is 10.0 Å². The Morgan fingerprint density at radius 3 is 2.29 bits per heavy atom. The summed E-state index contributed by atoms with van der Waals surface area (Å²) in [4.78, 5) is 0. The van der Waals surface area contributed by atoms with E-state index in [1.54, 1.807) is 31.4 Å². The van der Waals surface area contributed by atoms with Crippen molar-refractivity contribution in [2.45, 2.75) is 0 Å². The average molecular weight is 213 g/mol. The topological polar surface area (TPSA) is 69.4 Å². The van der Waals surface area contributed by atoms with Crippen molar-refractivity contribution in [1.82, 2.24) is 0 Å². The fourth-order valence-corrected chi connectivity index (χ4v) is 1.24. The van der Waals surface area contributed by atoms with Gasteiger partial charge in [0.2, 0.25) is 10.0 Å². The molecule has 0 aliphatic heterocycles. The second-order valence-electron chi connectivity index (χ2n) is 2.66. The predicted octanol–water partition coefficient (Wildman–Crippen LogP) is 0.954. The molecule has 0 aliphatic rings. The molecular weight excluding hydrogens is 202 g/mol. The van der Waals surface area contributed by atoms with Gasteiger partial charge in [0.05, 0.1) is 7.11 Å². The number of rotatable bonds is 3. The van der Waals surface area contributed by atoms with Crippen LogP contribution >= 0.6 is 0 Å². The van der Waals surface area contributed by atoms with Gasteiger partial charge in [-0.1, -0.05) is 12.1 Å². The Morgan fingerprint density at radius 1 is 1.29 bits per heavy atom. The van der Waals surface area contributed by atoms with Gasteiger partial charge in [0.15, 0.2) is 0 Å². The average Bonchev–Trinajstić information content (AvgIpc) is 2.14. The predicted molar refractivity (Wildman–Crippen MR) is 55.1 cm³/mol. The van der Waals surface area contributed by atoms with E-state index in [-0.39, 0.29) is 0 Å². The lowest BCUT2D eigenvalue weighted by molar-refractivity contribution is 0.415. The first kappa shape index (κ1) is 10.7. The first-order valence-electron chi connectivity index (χ1n) is 3.86. The number of primary sulfonamides is 1. The molecule has 1 aromatic carbocycles. The molecule has 0 aromatic heterocycles. The maximum absolute atomic E-state index is 10.6. The number of methoxy groups -OCH3 is 1. The molecule has 0 heterocycles. The first-order chi connectivity index (χ1) is 6.51. The summed E-state index contributed by atoms with van der Waals surface area (Å²) in [5, 5.41) is 5.75. The minimum atomic E-state index is -3.55. The minimum Gasteiger partial charge on any atom is -0.497 e. The molecule has 0 spiro atoms. The molecular formula is C9H11NO3S. The van der Waals surface area contributed by atoms with Crippen LogP contribution in [0.1, 0.15) is 5.56 Å². The SMILES string of the molecule is COc1ccc(C=CS(N)(=O)=O)cc1. The molecule has 14 heavy (non-hydrogen) atoms. The Labute approximate surface area is 83.1 Å². The fraction of sp³-hybridized carbons (Fsp3) is 0.111. The largest absolute Gasteiger partial charge is 0.497 e. The molecule has 0 atom stereocenters. The normalized spacial score (nSPS) is 11.9. The van der Waals surface area contributed by atoms with Gasteiger partial charge in [-0.3, -0.25) is 0 Å². The maximum atomic E-state index is 10.6. The number of benzene rings is 1. The van der Waals surface area contributed by atoms with E-state index in [0.29, 0.717) is 0 Å². The van der Waals surface area contributed by atoms with Crippen LogP contribution in [-0.4, -0.2) is 15.5 Å². The van der Waals surface area contributed by atoms with Crippen molar-refractivity contribution in [1.29, 1.82) is 0 Å². The molecule has 5 heteroatoms. The van der Waals surface area contributed by atoms with Gasteiger partial charge >= 0.3 is 0 Å². The van der Waals surface area contributed by atoms with E-state index >= 15 is 0 Å². The van der Waals surface area contributed by atoms with Crippen molar-refractivity contribution in [2.24, 2.45) is 5.14 Å². The van der Waals surface area contributed by atoms with E-state index in [4.69, 9.17) is 9.88 Å². The van der Waals surface area contributed by atoms with E-state index in [0.717, 1.165) is 16.7 Å². The van der Waals surface area contributed by atoms with Gasteiger partial charge < -0.3 is 4.74 Å². The van der Waals surface area contributed by atoms with Gasteiger partial charge in [0.25, 0.3) is 0 Å². The van der Waals surface area contributed by atoms with Crippen LogP contribution in [0.2, 0.25) is 0 Å². The zero-order chi connectivity index (χ0) is 10.6. The maximum Gasteiger partial charge on any atom is 0.231 e. The quantitative estimate of drug-likeness (QED) is 0.812. The van der Waals surface area contributed by atoms with Crippen LogP contribution in [0.5, 0.6) is 5.75 Å². The van der Waals surface area contributed by atoms with Gasteiger partial charge in [-0.05, 0) is 23.8 Å². The number of hydrogen-bond acceptors (Lipinski definition) is 3. The highest BCUT2D eigenvalue weighted by molar-refractivity contribution is 7.92. The molecule has 76 valence electrons. The van der Waals surface area contributed by atoms with Crippen molar-refractivity contribution < 1.29 is 13.2 Å². The third-order valence-electron chi connectivity index (χ3n) is 1.57. The second-order valence-corrected chi connectivity index (χ2v) is 4.12. The molecule has 1 aromatic rings. The molecule has 0 unspecified atom stereocenters. The highest BCUT2D eigenvalue weighted by atomic mass is 32.2. The monoisotopic (exact) mass is 213 g/mol. The molecule has 0 saturated carbocycles. The Morgan fingerprint density at radius 2 is 1.86 bits per heavy atom. The van der Waals surface area contributed by atoms with Crippen LogP contribution in [0.3, 0.4) is 0 Å².